The molecule has 0 aromatic heterocycles. The molecule has 1 aliphatic heterocycles. The number of nitrogens with one attached hydrogen (secondary N) is 2. The number of hydrogen-bond donors (Lipinski definition) is 2. The van der Waals surface area contributed by atoms with Crippen molar-refractivity contribution in [2.24, 2.45) is 0 Å². The maximum absolute atomic E-state index is 12.3. The van der Waals surface area contributed by atoms with Crippen LogP contribution >= 0.6 is 0 Å². The minimum absolute atomic E-state index is 0.0111. The Balaban J connectivity index is 1.44. The summed E-state index contributed by atoms with van der Waals surface area (Å²) < 4.78 is 28.4. The first-order valence-electron chi connectivity index (χ1n) is 10.2. The third-order valence-corrected chi connectivity index (χ3v) is 6.05. The number of sulfone groups is 1. The number of benzene rings is 2. The van der Waals surface area contributed by atoms with Gasteiger partial charge in [-0.2, -0.15) is 0 Å². The van der Waals surface area contributed by atoms with Gasteiger partial charge in [-0.1, -0.05) is 0 Å². The molecule has 0 unspecified atom stereocenters. The van der Waals surface area contributed by atoms with Crippen LogP contribution in [0.2, 0.25) is 0 Å². The SMILES string of the molecule is CN(CC(=O)Nc1ccc(N2CCOCC2)cc1)CC(=O)Nc1ccc(S(C)(=O)=O)cc1. The van der Waals surface area contributed by atoms with E-state index in [1.807, 2.05) is 24.3 Å². The number of ether oxygens (including phenoxy) is 1. The summed E-state index contributed by atoms with van der Waals surface area (Å²) in [6.45, 7) is 3.18. The summed E-state index contributed by atoms with van der Waals surface area (Å²) in [5, 5.41) is 5.52. The van der Waals surface area contributed by atoms with Gasteiger partial charge in [0.25, 0.3) is 0 Å². The van der Waals surface area contributed by atoms with E-state index >= 15 is 0 Å². The lowest BCUT2D eigenvalue weighted by atomic mass is 10.2. The molecule has 1 heterocycles. The highest BCUT2D eigenvalue weighted by molar-refractivity contribution is 7.90. The first-order chi connectivity index (χ1) is 15.2. The number of hydrogen-bond acceptors (Lipinski definition) is 7. The van der Waals surface area contributed by atoms with Crippen molar-refractivity contribution in [2.45, 2.75) is 4.90 Å². The topological polar surface area (TPSA) is 108 Å². The van der Waals surface area contributed by atoms with E-state index in [4.69, 9.17) is 4.74 Å². The van der Waals surface area contributed by atoms with Gasteiger partial charge in [0.1, 0.15) is 0 Å². The second kappa shape index (κ2) is 10.6. The molecule has 0 saturated carbocycles. The van der Waals surface area contributed by atoms with Crippen LogP contribution in [0.25, 0.3) is 0 Å². The number of carbonyl (C=O) groups excluding carboxylic acids is 2. The molecule has 2 aromatic rings. The van der Waals surface area contributed by atoms with Gasteiger partial charge < -0.3 is 20.3 Å². The summed E-state index contributed by atoms with van der Waals surface area (Å²) in [6.07, 6.45) is 1.12. The minimum atomic E-state index is -3.29. The molecule has 172 valence electrons. The van der Waals surface area contributed by atoms with E-state index < -0.39 is 9.84 Å². The van der Waals surface area contributed by atoms with Gasteiger partial charge >= 0.3 is 0 Å². The molecule has 0 aliphatic carbocycles. The van der Waals surface area contributed by atoms with Crippen molar-refractivity contribution in [3.63, 3.8) is 0 Å². The van der Waals surface area contributed by atoms with E-state index in [1.54, 1.807) is 11.9 Å². The highest BCUT2D eigenvalue weighted by Crippen LogP contribution is 2.19. The second-order valence-electron chi connectivity index (χ2n) is 7.71. The maximum atomic E-state index is 12.3. The van der Waals surface area contributed by atoms with Gasteiger partial charge in [0.2, 0.25) is 11.8 Å². The fourth-order valence-corrected chi connectivity index (χ4v) is 3.94. The Morgan fingerprint density at radius 3 is 1.84 bits per heavy atom. The van der Waals surface area contributed by atoms with Crippen LogP contribution in [-0.2, 0) is 24.2 Å². The molecule has 2 amide bonds. The van der Waals surface area contributed by atoms with E-state index in [9.17, 15) is 18.0 Å². The van der Waals surface area contributed by atoms with Crippen molar-refractivity contribution in [3.8, 4) is 0 Å². The summed E-state index contributed by atoms with van der Waals surface area (Å²) in [5.74, 6) is -0.529. The fraction of sp³-hybridized carbons (Fsp3) is 0.364. The van der Waals surface area contributed by atoms with Crippen molar-refractivity contribution < 1.29 is 22.7 Å². The molecule has 1 aliphatic rings. The fourth-order valence-electron chi connectivity index (χ4n) is 3.31. The average Bonchev–Trinajstić information content (AvgIpc) is 2.74. The number of morpholine rings is 1. The number of likely N-dealkylation sites (N-methyl/N-ethyl adjacent to an activating group) is 1. The van der Waals surface area contributed by atoms with Crippen molar-refractivity contribution in [2.75, 3.05) is 68.2 Å². The van der Waals surface area contributed by atoms with E-state index in [0.717, 1.165) is 25.0 Å². The van der Waals surface area contributed by atoms with Gasteiger partial charge in [0, 0.05) is 36.4 Å². The molecule has 0 atom stereocenters. The summed E-state index contributed by atoms with van der Waals surface area (Å²) >= 11 is 0. The first-order valence-corrected chi connectivity index (χ1v) is 12.1. The lowest BCUT2D eigenvalue weighted by Gasteiger charge is -2.28. The Kier molecular flexibility index (Phi) is 7.84. The van der Waals surface area contributed by atoms with E-state index in [2.05, 4.69) is 15.5 Å². The summed E-state index contributed by atoms with van der Waals surface area (Å²) in [6, 6.07) is 13.6. The van der Waals surface area contributed by atoms with Gasteiger partial charge in [0.05, 0.1) is 31.2 Å². The van der Waals surface area contributed by atoms with Crippen LogP contribution in [0.3, 0.4) is 0 Å². The zero-order chi connectivity index (χ0) is 23.1. The molecular formula is C22H28N4O5S. The summed E-state index contributed by atoms with van der Waals surface area (Å²) in [4.78, 5) is 28.5. The van der Waals surface area contributed by atoms with Crippen LogP contribution < -0.4 is 15.5 Å². The smallest absolute Gasteiger partial charge is 0.238 e. The number of rotatable bonds is 8. The Hall–Kier alpha value is -2.95. The normalized spacial score (nSPS) is 14.3. The highest BCUT2D eigenvalue weighted by Gasteiger charge is 2.14. The molecule has 2 aromatic carbocycles. The van der Waals surface area contributed by atoms with Gasteiger partial charge in [0.15, 0.2) is 9.84 Å². The summed E-state index contributed by atoms with van der Waals surface area (Å²) in [7, 11) is -1.61. The molecule has 0 spiro atoms. The summed E-state index contributed by atoms with van der Waals surface area (Å²) in [5.41, 5.74) is 2.26. The van der Waals surface area contributed by atoms with Gasteiger partial charge in [-0.25, -0.2) is 8.42 Å². The Labute approximate surface area is 188 Å². The van der Waals surface area contributed by atoms with Crippen LogP contribution in [0.1, 0.15) is 0 Å². The average molecular weight is 461 g/mol. The molecule has 2 N–H and O–H groups in total. The van der Waals surface area contributed by atoms with Crippen LogP contribution in [-0.4, -0.2) is 77.8 Å². The first kappa shape index (κ1) is 23.7. The maximum Gasteiger partial charge on any atom is 0.238 e. The quantitative estimate of drug-likeness (QED) is 0.614. The van der Waals surface area contributed by atoms with E-state index in [-0.39, 0.29) is 29.8 Å². The predicted molar refractivity (Wildman–Crippen MR) is 124 cm³/mol. The zero-order valence-corrected chi connectivity index (χ0v) is 19.0. The van der Waals surface area contributed by atoms with E-state index in [0.29, 0.717) is 24.6 Å². The standard InChI is InChI=1S/C22H28N4O5S/c1-25(16-22(28)24-18-5-9-20(10-6-18)32(2,29)30)15-21(27)23-17-3-7-19(8-4-17)26-11-13-31-14-12-26/h3-10H,11-16H2,1-2H3,(H,23,27)(H,24,28). The molecule has 1 saturated heterocycles. The molecule has 10 heteroatoms. The Morgan fingerprint density at radius 2 is 1.38 bits per heavy atom. The molecule has 32 heavy (non-hydrogen) atoms. The molecule has 1 fully saturated rings. The lowest BCUT2D eigenvalue weighted by Crippen LogP contribution is -2.36. The van der Waals surface area contributed by atoms with Crippen molar-refractivity contribution in [1.29, 1.82) is 0 Å². The largest absolute Gasteiger partial charge is 0.378 e. The lowest BCUT2D eigenvalue weighted by molar-refractivity contribution is -0.119. The molecule has 9 nitrogen and oxygen atoms in total. The van der Waals surface area contributed by atoms with Crippen molar-refractivity contribution in [3.05, 3.63) is 48.5 Å². The minimum Gasteiger partial charge on any atom is -0.378 e. The van der Waals surface area contributed by atoms with Crippen LogP contribution in [0.5, 0.6) is 0 Å². The predicted octanol–water partition coefficient (Wildman–Crippen LogP) is 1.44. The van der Waals surface area contributed by atoms with Gasteiger partial charge in [-0.15, -0.1) is 0 Å². The zero-order valence-electron chi connectivity index (χ0n) is 18.2. The number of carbonyl (C=O) groups is 2. The second-order valence-corrected chi connectivity index (χ2v) is 9.73. The number of amides is 2. The number of anilines is 3. The third-order valence-electron chi connectivity index (χ3n) is 4.92. The monoisotopic (exact) mass is 460 g/mol. The van der Waals surface area contributed by atoms with Crippen LogP contribution in [0.4, 0.5) is 17.1 Å². The Morgan fingerprint density at radius 1 is 0.906 bits per heavy atom. The van der Waals surface area contributed by atoms with Crippen molar-refractivity contribution >= 4 is 38.7 Å². The third kappa shape index (κ3) is 7.04. The van der Waals surface area contributed by atoms with Crippen LogP contribution in [0, 0.1) is 0 Å². The Bertz CT molecular complexity index is 1030. The van der Waals surface area contributed by atoms with Gasteiger partial charge in [-0.05, 0) is 55.6 Å². The van der Waals surface area contributed by atoms with E-state index in [1.165, 1.54) is 24.3 Å². The molecule has 0 bridgehead atoms. The van der Waals surface area contributed by atoms with Crippen LogP contribution in [0.15, 0.2) is 53.4 Å². The molecular weight excluding hydrogens is 432 g/mol. The van der Waals surface area contributed by atoms with Gasteiger partial charge in [-0.3, -0.25) is 14.5 Å². The molecule has 0 radical (unpaired) electrons. The highest BCUT2D eigenvalue weighted by atomic mass is 32.2. The van der Waals surface area contributed by atoms with Crippen molar-refractivity contribution in [1.82, 2.24) is 4.90 Å². The number of nitrogens with zero attached hydrogens (tertiary/aromatic N) is 2. The molecule has 3 rings (SSSR count).